The highest BCUT2D eigenvalue weighted by atomic mass is 32.3. The van der Waals surface area contributed by atoms with Crippen LogP contribution in [0.15, 0.2) is 24.5 Å². The van der Waals surface area contributed by atoms with Crippen LogP contribution in [0, 0.1) is 10.1 Å². The number of imidazole rings is 1. The number of fused-ring (bicyclic) bond motifs is 1. The molecule has 0 amide bonds. The minimum atomic E-state index is -4.67. The first kappa shape index (κ1) is 17.5. The van der Waals surface area contributed by atoms with Gasteiger partial charge in [0.25, 0.3) is 5.69 Å². The molecule has 0 saturated heterocycles. The Morgan fingerprint density at radius 2 is 2.05 bits per heavy atom. The van der Waals surface area contributed by atoms with Gasteiger partial charge in [0.05, 0.1) is 23.9 Å². The van der Waals surface area contributed by atoms with Crippen LogP contribution in [0.25, 0.3) is 5.65 Å². The van der Waals surface area contributed by atoms with Crippen LogP contribution in [0.5, 0.6) is 0 Å². The number of nitro groups is 1. The Kier molecular flexibility index (Phi) is 5.50. The number of ether oxygens (including phenoxy) is 1. The number of rotatable bonds is 3. The lowest BCUT2D eigenvalue weighted by molar-refractivity contribution is -0.385. The SMILES string of the molecule is CCOC(=O)c1cnc2ccc([N+](=O)[O-])cn12.O=S(=O)(O)O. The van der Waals surface area contributed by atoms with Crippen molar-refractivity contribution in [1.82, 2.24) is 9.38 Å². The van der Waals surface area contributed by atoms with Crippen LogP contribution < -0.4 is 0 Å². The van der Waals surface area contributed by atoms with E-state index < -0.39 is 21.3 Å². The van der Waals surface area contributed by atoms with Gasteiger partial charge in [-0.05, 0) is 13.0 Å². The zero-order chi connectivity index (χ0) is 16.9. The second-order valence-electron chi connectivity index (χ2n) is 3.68. The molecule has 0 aromatic carbocycles. The first-order valence-corrected chi connectivity index (χ1v) is 7.01. The average Bonchev–Trinajstić information content (AvgIpc) is 2.79. The van der Waals surface area contributed by atoms with Crippen molar-refractivity contribution in [3.8, 4) is 0 Å². The van der Waals surface area contributed by atoms with Crippen molar-refractivity contribution in [1.29, 1.82) is 0 Å². The minimum Gasteiger partial charge on any atom is -0.461 e. The van der Waals surface area contributed by atoms with Gasteiger partial charge in [0, 0.05) is 6.07 Å². The number of pyridine rings is 1. The van der Waals surface area contributed by atoms with Crippen LogP contribution in [0.2, 0.25) is 0 Å². The van der Waals surface area contributed by atoms with Crippen molar-refractivity contribution in [2.45, 2.75) is 6.92 Å². The van der Waals surface area contributed by atoms with Gasteiger partial charge in [0.2, 0.25) is 0 Å². The van der Waals surface area contributed by atoms with E-state index in [4.69, 9.17) is 22.3 Å². The smallest absolute Gasteiger partial charge is 0.394 e. The molecular weight excluding hydrogens is 322 g/mol. The van der Waals surface area contributed by atoms with E-state index in [0.29, 0.717) is 5.65 Å². The van der Waals surface area contributed by atoms with Crippen molar-refractivity contribution >= 4 is 27.7 Å². The first-order chi connectivity index (χ1) is 10.1. The molecule has 0 unspecified atom stereocenters. The van der Waals surface area contributed by atoms with Crippen molar-refractivity contribution < 1.29 is 32.0 Å². The second kappa shape index (κ2) is 6.93. The number of hydrogen-bond acceptors (Lipinski definition) is 7. The van der Waals surface area contributed by atoms with E-state index in [1.54, 1.807) is 6.92 Å². The summed E-state index contributed by atoms with van der Waals surface area (Å²) in [6, 6.07) is 2.80. The van der Waals surface area contributed by atoms with Gasteiger partial charge in [-0.25, -0.2) is 9.78 Å². The van der Waals surface area contributed by atoms with E-state index in [-0.39, 0.29) is 18.0 Å². The third-order valence-electron chi connectivity index (χ3n) is 2.19. The van der Waals surface area contributed by atoms with Crippen LogP contribution in [0.4, 0.5) is 5.69 Å². The van der Waals surface area contributed by atoms with Gasteiger partial charge in [-0.3, -0.25) is 23.6 Å². The molecule has 2 N–H and O–H groups in total. The Hall–Kier alpha value is -2.57. The van der Waals surface area contributed by atoms with E-state index in [9.17, 15) is 14.9 Å². The number of aromatic nitrogens is 2. The van der Waals surface area contributed by atoms with Gasteiger partial charge in [-0.15, -0.1) is 0 Å². The molecule has 0 aliphatic rings. The highest BCUT2D eigenvalue weighted by molar-refractivity contribution is 7.79. The Morgan fingerprint density at radius 3 is 2.55 bits per heavy atom. The fourth-order valence-electron chi connectivity index (χ4n) is 1.43. The summed E-state index contributed by atoms with van der Waals surface area (Å²) in [5, 5.41) is 10.6. The molecule has 0 bridgehead atoms. The van der Waals surface area contributed by atoms with E-state index >= 15 is 0 Å². The summed E-state index contributed by atoms with van der Waals surface area (Å²) >= 11 is 0. The molecule has 2 rings (SSSR count). The van der Waals surface area contributed by atoms with Crippen LogP contribution >= 0.6 is 0 Å². The van der Waals surface area contributed by atoms with Gasteiger partial charge < -0.3 is 4.74 Å². The lowest BCUT2D eigenvalue weighted by Gasteiger charge is -2.01. The lowest BCUT2D eigenvalue weighted by Crippen LogP contribution is -2.08. The molecule has 0 radical (unpaired) electrons. The number of carbonyl (C=O) groups excluding carboxylic acids is 1. The first-order valence-electron chi connectivity index (χ1n) is 5.62. The minimum absolute atomic E-state index is 0.110. The molecule has 2 aromatic heterocycles. The summed E-state index contributed by atoms with van der Waals surface area (Å²) in [4.78, 5) is 25.6. The zero-order valence-electron chi connectivity index (χ0n) is 11.1. The molecule has 0 aliphatic carbocycles. The number of nitrogens with zero attached hydrogens (tertiary/aromatic N) is 3. The standard InChI is InChI=1S/C10H9N3O4.H2O4S/c1-2-17-10(14)8-5-11-9-4-3-7(13(15)16)6-12(8)9;1-5(2,3)4/h3-6H,2H2,1H3;(H2,1,2,3,4). The van der Waals surface area contributed by atoms with Crippen LogP contribution in [0.3, 0.4) is 0 Å². The molecular formula is C10H11N3O8S. The fourth-order valence-corrected chi connectivity index (χ4v) is 1.43. The molecule has 0 atom stereocenters. The molecule has 0 spiro atoms. The Bertz CT molecular complexity index is 790. The maximum absolute atomic E-state index is 11.5. The molecule has 12 heteroatoms. The summed E-state index contributed by atoms with van der Waals surface area (Å²) in [6.45, 7) is 1.92. The van der Waals surface area contributed by atoms with Crippen molar-refractivity contribution in [2.24, 2.45) is 0 Å². The number of esters is 1. The van der Waals surface area contributed by atoms with Gasteiger partial charge in [-0.2, -0.15) is 8.42 Å². The summed E-state index contributed by atoms with van der Waals surface area (Å²) in [7, 11) is -4.67. The maximum Gasteiger partial charge on any atom is 0.394 e. The summed E-state index contributed by atoms with van der Waals surface area (Å²) < 4.78 is 37.8. The highest BCUT2D eigenvalue weighted by Crippen LogP contribution is 2.15. The maximum atomic E-state index is 11.5. The molecule has 120 valence electrons. The van der Waals surface area contributed by atoms with Crippen LogP contribution in [0.1, 0.15) is 17.4 Å². The van der Waals surface area contributed by atoms with E-state index in [2.05, 4.69) is 4.98 Å². The summed E-state index contributed by atoms with van der Waals surface area (Å²) in [6.07, 6.45) is 2.58. The number of hydrogen-bond donors (Lipinski definition) is 2. The third-order valence-corrected chi connectivity index (χ3v) is 2.19. The van der Waals surface area contributed by atoms with Gasteiger partial charge in [-0.1, -0.05) is 0 Å². The quantitative estimate of drug-likeness (QED) is 0.357. The van der Waals surface area contributed by atoms with Crippen molar-refractivity contribution in [3.05, 3.63) is 40.3 Å². The molecule has 11 nitrogen and oxygen atoms in total. The normalized spacial score (nSPS) is 10.7. The predicted octanol–water partition coefficient (Wildman–Crippen LogP) is 0.766. The molecule has 0 aliphatic heterocycles. The van der Waals surface area contributed by atoms with Gasteiger partial charge >= 0.3 is 16.4 Å². The van der Waals surface area contributed by atoms with E-state index in [1.807, 2.05) is 0 Å². The molecule has 2 aromatic rings. The molecule has 0 fully saturated rings. The molecule has 22 heavy (non-hydrogen) atoms. The summed E-state index contributed by atoms with van der Waals surface area (Å²) in [5.74, 6) is -0.555. The van der Waals surface area contributed by atoms with E-state index in [1.165, 1.54) is 28.9 Å². The monoisotopic (exact) mass is 333 g/mol. The molecule has 0 saturated carbocycles. The van der Waals surface area contributed by atoms with Crippen LogP contribution in [-0.4, -0.2) is 44.4 Å². The summed E-state index contributed by atoms with van der Waals surface area (Å²) in [5.41, 5.74) is 0.519. The average molecular weight is 333 g/mol. The second-order valence-corrected chi connectivity index (χ2v) is 4.58. The van der Waals surface area contributed by atoms with Crippen molar-refractivity contribution in [2.75, 3.05) is 6.61 Å². The van der Waals surface area contributed by atoms with E-state index in [0.717, 1.165) is 0 Å². The van der Waals surface area contributed by atoms with Crippen LogP contribution in [-0.2, 0) is 15.1 Å². The zero-order valence-corrected chi connectivity index (χ0v) is 11.9. The highest BCUT2D eigenvalue weighted by Gasteiger charge is 2.15. The lowest BCUT2D eigenvalue weighted by atomic mass is 10.4. The van der Waals surface area contributed by atoms with Crippen molar-refractivity contribution in [3.63, 3.8) is 0 Å². The largest absolute Gasteiger partial charge is 0.461 e. The topological polar surface area (TPSA) is 161 Å². The third kappa shape index (κ3) is 5.08. The predicted molar refractivity (Wildman–Crippen MR) is 72.0 cm³/mol. The Balaban J connectivity index is 0.000000422. The molecule has 2 heterocycles. The van der Waals surface area contributed by atoms with Gasteiger partial charge in [0.1, 0.15) is 5.65 Å². The Labute approximate surface area is 123 Å². The Morgan fingerprint density at radius 1 is 1.45 bits per heavy atom. The fraction of sp³-hybridized carbons (Fsp3) is 0.200. The van der Waals surface area contributed by atoms with Gasteiger partial charge in [0.15, 0.2) is 5.69 Å². The number of carbonyl (C=O) groups is 1.